The zero-order chi connectivity index (χ0) is 13.0. The van der Waals surface area contributed by atoms with Gasteiger partial charge in [-0.05, 0) is 37.4 Å². The molecule has 2 rings (SSSR count). The number of amides is 1. The van der Waals surface area contributed by atoms with Crippen LogP contribution >= 0.6 is 11.3 Å². The van der Waals surface area contributed by atoms with Crippen LogP contribution in [0, 0.1) is 0 Å². The molecule has 0 saturated carbocycles. The number of esters is 1. The van der Waals surface area contributed by atoms with Crippen molar-refractivity contribution in [1.29, 1.82) is 0 Å². The van der Waals surface area contributed by atoms with Crippen molar-refractivity contribution in [3.05, 3.63) is 17.0 Å². The number of nitrogens with one attached hydrogen (secondary N) is 1. The maximum Gasteiger partial charge on any atom is 0.340 e. The third-order valence-electron chi connectivity index (χ3n) is 2.89. The first-order valence-electron chi connectivity index (χ1n) is 5.88. The molecule has 0 unspecified atom stereocenters. The Morgan fingerprint density at radius 3 is 2.83 bits per heavy atom. The Balaban J connectivity index is 1.94. The monoisotopic (exact) mass is 268 g/mol. The van der Waals surface area contributed by atoms with Crippen LogP contribution in [0.2, 0.25) is 0 Å². The minimum atomic E-state index is -0.423. The van der Waals surface area contributed by atoms with Crippen LogP contribution in [0.4, 0.5) is 5.00 Å². The highest BCUT2D eigenvalue weighted by atomic mass is 32.1. The van der Waals surface area contributed by atoms with Gasteiger partial charge in [-0.1, -0.05) is 0 Å². The lowest BCUT2D eigenvalue weighted by atomic mass is 10.3. The lowest BCUT2D eigenvalue weighted by molar-refractivity contribution is -0.117. The molecule has 0 spiro atoms. The molecular formula is C12H16N2O3S. The quantitative estimate of drug-likeness (QED) is 0.842. The largest absolute Gasteiger partial charge is 0.465 e. The smallest absolute Gasteiger partial charge is 0.340 e. The van der Waals surface area contributed by atoms with E-state index in [4.69, 9.17) is 0 Å². The third kappa shape index (κ3) is 3.08. The first-order chi connectivity index (χ1) is 8.70. The van der Waals surface area contributed by atoms with Crippen molar-refractivity contribution in [3.8, 4) is 0 Å². The van der Waals surface area contributed by atoms with Gasteiger partial charge in [0.2, 0.25) is 5.91 Å². The van der Waals surface area contributed by atoms with E-state index in [1.807, 2.05) is 0 Å². The van der Waals surface area contributed by atoms with Gasteiger partial charge in [-0.2, -0.15) is 0 Å². The van der Waals surface area contributed by atoms with Crippen LogP contribution in [0.3, 0.4) is 0 Å². The Morgan fingerprint density at radius 1 is 1.44 bits per heavy atom. The van der Waals surface area contributed by atoms with Crippen molar-refractivity contribution in [2.75, 3.05) is 32.1 Å². The Hall–Kier alpha value is -1.40. The molecule has 98 valence electrons. The number of thiophene rings is 1. The fourth-order valence-corrected chi connectivity index (χ4v) is 2.78. The average molecular weight is 268 g/mol. The summed E-state index contributed by atoms with van der Waals surface area (Å²) in [6.45, 7) is 2.34. The lowest BCUT2D eigenvalue weighted by Gasteiger charge is -2.13. The van der Waals surface area contributed by atoms with Gasteiger partial charge < -0.3 is 10.1 Å². The zero-order valence-corrected chi connectivity index (χ0v) is 11.1. The Morgan fingerprint density at radius 2 is 2.17 bits per heavy atom. The van der Waals surface area contributed by atoms with Crippen molar-refractivity contribution in [2.45, 2.75) is 12.8 Å². The molecule has 2 heterocycles. The minimum absolute atomic E-state index is 0.0792. The molecule has 1 aliphatic rings. The maximum atomic E-state index is 11.8. The molecule has 6 heteroatoms. The molecule has 1 saturated heterocycles. The predicted octanol–water partition coefficient (Wildman–Crippen LogP) is 1.57. The van der Waals surface area contributed by atoms with Crippen molar-refractivity contribution in [2.24, 2.45) is 0 Å². The van der Waals surface area contributed by atoms with Crippen LogP contribution in [0.5, 0.6) is 0 Å². The molecule has 5 nitrogen and oxygen atoms in total. The average Bonchev–Trinajstić information content (AvgIpc) is 2.99. The molecule has 0 aliphatic carbocycles. The van der Waals surface area contributed by atoms with Gasteiger partial charge in [-0.15, -0.1) is 11.3 Å². The first kappa shape index (κ1) is 13.0. The van der Waals surface area contributed by atoms with E-state index in [1.54, 1.807) is 11.4 Å². The fraction of sp³-hybridized carbons (Fsp3) is 0.500. The second-order valence-electron chi connectivity index (χ2n) is 4.19. The summed E-state index contributed by atoms with van der Waals surface area (Å²) in [5, 5.41) is 5.09. The van der Waals surface area contributed by atoms with Crippen molar-refractivity contribution in [1.82, 2.24) is 4.90 Å². The van der Waals surface area contributed by atoms with E-state index in [1.165, 1.54) is 18.4 Å². The standard InChI is InChI=1S/C12H16N2O3S/c1-17-12(16)9-4-7-18-11(9)13-10(15)8-14-5-2-3-6-14/h4,7H,2-3,5-6,8H2,1H3,(H,13,15). The van der Waals surface area contributed by atoms with Gasteiger partial charge in [0.15, 0.2) is 0 Å². The van der Waals surface area contributed by atoms with Crippen molar-refractivity contribution in [3.63, 3.8) is 0 Å². The maximum absolute atomic E-state index is 11.8. The molecule has 1 aliphatic heterocycles. The molecule has 0 aromatic carbocycles. The fourth-order valence-electron chi connectivity index (χ4n) is 1.99. The topological polar surface area (TPSA) is 58.6 Å². The van der Waals surface area contributed by atoms with Crippen LogP contribution in [0.1, 0.15) is 23.2 Å². The van der Waals surface area contributed by atoms with E-state index >= 15 is 0 Å². The summed E-state index contributed by atoms with van der Waals surface area (Å²) >= 11 is 1.33. The second kappa shape index (κ2) is 5.97. The molecule has 18 heavy (non-hydrogen) atoms. The Kier molecular flexibility index (Phi) is 4.33. The van der Waals surface area contributed by atoms with Gasteiger partial charge in [-0.25, -0.2) is 4.79 Å². The Bertz CT molecular complexity index is 438. The number of likely N-dealkylation sites (tertiary alicyclic amines) is 1. The van der Waals surface area contributed by atoms with Crippen LogP contribution in [-0.4, -0.2) is 43.5 Å². The summed E-state index contributed by atoms with van der Waals surface area (Å²) in [7, 11) is 1.33. The molecular weight excluding hydrogens is 252 g/mol. The van der Waals surface area contributed by atoms with Gasteiger partial charge in [0.1, 0.15) is 5.00 Å². The van der Waals surface area contributed by atoms with Crippen LogP contribution in [0.15, 0.2) is 11.4 Å². The molecule has 0 radical (unpaired) electrons. The highest BCUT2D eigenvalue weighted by Gasteiger charge is 2.18. The zero-order valence-electron chi connectivity index (χ0n) is 10.3. The molecule has 1 fully saturated rings. The van der Waals surface area contributed by atoms with Crippen molar-refractivity contribution >= 4 is 28.2 Å². The molecule has 0 atom stereocenters. The summed E-state index contributed by atoms with van der Waals surface area (Å²) < 4.78 is 4.66. The number of hydrogen-bond acceptors (Lipinski definition) is 5. The molecule has 1 amide bonds. The summed E-state index contributed by atoms with van der Waals surface area (Å²) in [6, 6.07) is 1.65. The number of rotatable bonds is 4. The first-order valence-corrected chi connectivity index (χ1v) is 6.76. The summed E-state index contributed by atoms with van der Waals surface area (Å²) in [4.78, 5) is 25.4. The molecule has 1 aromatic rings. The van der Waals surface area contributed by atoms with Gasteiger partial charge in [0, 0.05) is 0 Å². The molecule has 1 aromatic heterocycles. The van der Waals surface area contributed by atoms with Crippen molar-refractivity contribution < 1.29 is 14.3 Å². The van der Waals surface area contributed by atoms with Crippen LogP contribution < -0.4 is 5.32 Å². The summed E-state index contributed by atoms with van der Waals surface area (Å²) in [5.41, 5.74) is 0.414. The minimum Gasteiger partial charge on any atom is -0.465 e. The summed E-state index contributed by atoms with van der Waals surface area (Å²) in [5.74, 6) is -0.503. The van der Waals surface area contributed by atoms with E-state index in [0.29, 0.717) is 17.1 Å². The van der Waals surface area contributed by atoms with E-state index in [-0.39, 0.29) is 5.91 Å². The number of nitrogens with zero attached hydrogens (tertiary/aromatic N) is 1. The third-order valence-corrected chi connectivity index (χ3v) is 3.72. The van der Waals surface area contributed by atoms with Gasteiger partial charge >= 0.3 is 5.97 Å². The van der Waals surface area contributed by atoms with E-state index in [2.05, 4.69) is 15.0 Å². The molecule has 1 N–H and O–H groups in total. The lowest BCUT2D eigenvalue weighted by Crippen LogP contribution is -2.31. The number of carbonyl (C=O) groups excluding carboxylic acids is 2. The number of hydrogen-bond donors (Lipinski definition) is 1. The van der Waals surface area contributed by atoms with E-state index in [0.717, 1.165) is 25.9 Å². The highest BCUT2D eigenvalue weighted by molar-refractivity contribution is 7.14. The van der Waals surface area contributed by atoms with Gasteiger partial charge in [0.25, 0.3) is 0 Å². The van der Waals surface area contributed by atoms with Gasteiger partial charge in [-0.3, -0.25) is 9.69 Å². The predicted molar refractivity (Wildman–Crippen MR) is 70.0 cm³/mol. The SMILES string of the molecule is COC(=O)c1ccsc1NC(=O)CN1CCCC1. The molecule has 0 bridgehead atoms. The number of anilines is 1. The van der Waals surface area contributed by atoms with Gasteiger partial charge in [0.05, 0.1) is 19.2 Å². The van der Waals surface area contributed by atoms with E-state index < -0.39 is 5.97 Å². The van der Waals surface area contributed by atoms with Crippen LogP contribution in [-0.2, 0) is 9.53 Å². The van der Waals surface area contributed by atoms with E-state index in [9.17, 15) is 9.59 Å². The Labute approximate surface area is 110 Å². The van der Waals surface area contributed by atoms with Crippen LogP contribution in [0.25, 0.3) is 0 Å². The highest BCUT2D eigenvalue weighted by Crippen LogP contribution is 2.23. The number of ether oxygens (including phenoxy) is 1. The second-order valence-corrected chi connectivity index (χ2v) is 5.10. The number of methoxy groups -OCH3 is 1. The number of carbonyl (C=O) groups is 2. The summed E-state index contributed by atoms with van der Waals surface area (Å²) in [6.07, 6.45) is 2.30. The normalized spacial score (nSPS) is 15.6.